The van der Waals surface area contributed by atoms with Crippen molar-refractivity contribution in [3.8, 4) is 11.3 Å². The van der Waals surface area contributed by atoms with Crippen LogP contribution in [0.4, 0.5) is 5.82 Å². The minimum atomic E-state index is -0.378. The Bertz CT molecular complexity index is 1210. The fourth-order valence-electron chi connectivity index (χ4n) is 5.04. The van der Waals surface area contributed by atoms with Crippen LogP contribution >= 0.6 is 0 Å². The zero-order chi connectivity index (χ0) is 25.1. The molecule has 0 aliphatic heterocycles. The average Bonchev–Trinajstić information content (AvgIpc) is 3.48. The standard InChI is InChI=1S/C26H36N8O2/c27-12-15-3-5-17(6-4-15)26(36)32-20(9-10-23(35)29-13-16-1-2-16)25-30-14-22(31-25)18-7-8-19-21(11-18)33-34-24(19)28/h7-8,11,14-17,20H,1-6,9-10,12-13,27H2,(H,29,35)(H,30,31)(H,32,36)(H3,28,33,34)/t15?,17?,20-/m0/s1. The normalized spacial score (nSPS) is 20.8. The molecule has 2 amide bonds. The molecule has 10 heteroatoms. The molecule has 1 aromatic carbocycles. The first-order chi connectivity index (χ1) is 17.5. The molecule has 192 valence electrons. The lowest BCUT2D eigenvalue weighted by Gasteiger charge is -2.28. The molecule has 3 aromatic rings. The number of nitrogens with one attached hydrogen (secondary N) is 4. The molecule has 0 unspecified atom stereocenters. The molecular formula is C26H36N8O2. The van der Waals surface area contributed by atoms with Gasteiger partial charge in [0.25, 0.3) is 0 Å². The maximum Gasteiger partial charge on any atom is 0.223 e. The van der Waals surface area contributed by atoms with Crippen molar-refractivity contribution in [3.63, 3.8) is 0 Å². The number of rotatable bonds is 10. The fraction of sp³-hybridized carbons (Fsp3) is 0.538. The number of hydrogen-bond acceptors (Lipinski definition) is 6. The third-order valence-electron chi connectivity index (χ3n) is 7.64. The molecular weight excluding hydrogens is 456 g/mol. The first-order valence-corrected chi connectivity index (χ1v) is 13.1. The van der Waals surface area contributed by atoms with E-state index in [4.69, 9.17) is 11.5 Å². The van der Waals surface area contributed by atoms with Crippen molar-refractivity contribution in [2.75, 3.05) is 18.8 Å². The predicted octanol–water partition coefficient (Wildman–Crippen LogP) is 2.76. The smallest absolute Gasteiger partial charge is 0.223 e. The number of fused-ring (bicyclic) bond motifs is 1. The third kappa shape index (κ3) is 5.70. The highest BCUT2D eigenvalue weighted by molar-refractivity contribution is 5.91. The van der Waals surface area contributed by atoms with E-state index in [0.717, 1.165) is 54.4 Å². The Hall–Kier alpha value is -3.40. The van der Waals surface area contributed by atoms with Gasteiger partial charge < -0.3 is 27.1 Å². The van der Waals surface area contributed by atoms with Gasteiger partial charge in [-0.2, -0.15) is 5.10 Å². The van der Waals surface area contributed by atoms with Crippen LogP contribution in [0, 0.1) is 17.8 Å². The number of anilines is 1. The van der Waals surface area contributed by atoms with Crippen molar-refractivity contribution in [1.82, 2.24) is 30.8 Å². The van der Waals surface area contributed by atoms with Gasteiger partial charge >= 0.3 is 0 Å². The summed E-state index contributed by atoms with van der Waals surface area (Å²) in [5.74, 6) is 2.26. The summed E-state index contributed by atoms with van der Waals surface area (Å²) in [5, 5.41) is 14.1. The second kappa shape index (κ2) is 10.7. The molecule has 0 bridgehead atoms. The Labute approximate surface area is 210 Å². The van der Waals surface area contributed by atoms with E-state index in [1.54, 1.807) is 6.20 Å². The lowest BCUT2D eigenvalue weighted by molar-refractivity contribution is -0.127. The minimum Gasteiger partial charge on any atom is -0.382 e. The van der Waals surface area contributed by atoms with Gasteiger partial charge in [0.05, 0.1) is 23.4 Å². The van der Waals surface area contributed by atoms with E-state index in [1.165, 1.54) is 12.8 Å². The van der Waals surface area contributed by atoms with Gasteiger partial charge in [0, 0.05) is 29.8 Å². The summed E-state index contributed by atoms with van der Waals surface area (Å²) in [6.45, 7) is 1.42. The zero-order valence-corrected chi connectivity index (χ0v) is 20.6. The highest BCUT2D eigenvalue weighted by Gasteiger charge is 2.29. The molecule has 2 aromatic heterocycles. The molecule has 2 fully saturated rings. The predicted molar refractivity (Wildman–Crippen MR) is 138 cm³/mol. The van der Waals surface area contributed by atoms with Crippen molar-refractivity contribution in [2.24, 2.45) is 23.5 Å². The zero-order valence-electron chi connectivity index (χ0n) is 20.6. The largest absolute Gasteiger partial charge is 0.382 e. The quantitative estimate of drug-likeness (QED) is 0.254. The van der Waals surface area contributed by atoms with E-state index in [2.05, 4.69) is 30.8 Å². The van der Waals surface area contributed by atoms with Crippen LogP contribution < -0.4 is 22.1 Å². The molecule has 2 aliphatic carbocycles. The Balaban J connectivity index is 1.29. The second-order valence-electron chi connectivity index (χ2n) is 10.4. The number of aromatic nitrogens is 4. The highest BCUT2D eigenvalue weighted by atomic mass is 16.2. The monoisotopic (exact) mass is 492 g/mol. The summed E-state index contributed by atoms with van der Waals surface area (Å²) in [4.78, 5) is 33.6. The molecule has 2 saturated carbocycles. The number of carbonyl (C=O) groups excluding carboxylic acids is 2. The number of benzene rings is 1. The number of carbonyl (C=O) groups is 2. The number of nitrogens with two attached hydrogens (primary N) is 2. The van der Waals surface area contributed by atoms with E-state index in [1.807, 2.05) is 18.2 Å². The van der Waals surface area contributed by atoms with Crippen LogP contribution in [0.25, 0.3) is 22.2 Å². The molecule has 36 heavy (non-hydrogen) atoms. The van der Waals surface area contributed by atoms with Crippen molar-refractivity contribution in [2.45, 2.75) is 57.4 Å². The Morgan fingerprint density at radius 2 is 1.89 bits per heavy atom. The van der Waals surface area contributed by atoms with Crippen LogP contribution in [-0.2, 0) is 9.59 Å². The van der Waals surface area contributed by atoms with Crippen LogP contribution in [0.15, 0.2) is 24.4 Å². The summed E-state index contributed by atoms with van der Waals surface area (Å²) in [5.41, 5.74) is 14.3. The number of nitrogens with zero attached hydrogens (tertiary/aromatic N) is 2. The molecule has 10 nitrogen and oxygen atoms in total. The van der Waals surface area contributed by atoms with E-state index >= 15 is 0 Å². The number of aromatic amines is 2. The maximum atomic E-state index is 13.2. The third-order valence-corrected chi connectivity index (χ3v) is 7.64. The van der Waals surface area contributed by atoms with E-state index < -0.39 is 0 Å². The number of amides is 2. The molecule has 1 atom stereocenters. The summed E-state index contributed by atoms with van der Waals surface area (Å²) in [6.07, 6.45) is 8.60. The highest BCUT2D eigenvalue weighted by Crippen LogP contribution is 2.30. The molecule has 2 heterocycles. The first-order valence-electron chi connectivity index (χ1n) is 13.1. The molecule has 0 spiro atoms. The van der Waals surface area contributed by atoms with E-state index in [-0.39, 0.29) is 23.8 Å². The fourth-order valence-corrected chi connectivity index (χ4v) is 5.04. The van der Waals surface area contributed by atoms with Gasteiger partial charge in [0.15, 0.2) is 5.82 Å². The van der Waals surface area contributed by atoms with Gasteiger partial charge in [0.2, 0.25) is 11.8 Å². The molecule has 5 rings (SSSR count). The molecule has 0 saturated heterocycles. The topological polar surface area (TPSA) is 168 Å². The number of imidazole rings is 1. The summed E-state index contributed by atoms with van der Waals surface area (Å²) >= 11 is 0. The minimum absolute atomic E-state index is 0.0127. The lowest BCUT2D eigenvalue weighted by Crippen LogP contribution is -2.37. The van der Waals surface area contributed by atoms with Crippen molar-refractivity contribution in [3.05, 3.63) is 30.2 Å². The Morgan fingerprint density at radius 3 is 2.64 bits per heavy atom. The van der Waals surface area contributed by atoms with Gasteiger partial charge in [0.1, 0.15) is 5.82 Å². The SMILES string of the molecule is NCC1CCC(C(=O)N[C@@H](CCC(=O)NCC2CC2)c2ncc(-c3ccc4c(N)n[nH]c4c3)[nH]2)CC1. The molecule has 0 radical (unpaired) electrons. The lowest BCUT2D eigenvalue weighted by atomic mass is 9.81. The van der Waals surface area contributed by atoms with Crippen molar-refractivity contribution < 1.29 is 9.59 Å². The van der Waals surface area contributed by atoms with Crippen LogP contribution in [0.1, 0.15) is 63.2 Å². The average molecular weight is 493 g/mol. The van der Waals surface area contributed by atoms with Gasteiger partial charge in [-0.25, -0.2) is 4.98 Å². The van der Waals surface area contributed by atoms with Crippen molar-refractivity contribution >= 4 is 28.5 Å². The summed E-state index contributed by atoms with van der Waals surface area (Å²) in [7, 11) is 0. The number of hydrogen-bond donors (Lipinski definition) is 6. The van der Waals surface area contributed by atoms with E-state index in [0.29, 0.717) is 42.9 Å². The van der Waals surface area contributed by atoms with Gasteiger partial charge in [-0.3, -0.25) is 14.7 Å². The maximum absolute atomic E-state index is 13.2. The molecule has 8 N–H and O–H groups in total. The number of nitrogen functional groups attached to an aromatic ring is 1. The number of H-pyrrole nitrogens is 2. The van der Waals surface area contributed by atoms with Crippen LogP contribution in [-0.4, -0.2) is 45.1 Å². The Kier molecular flexibility index (Phi) is 7.22. The van der Waals surface area contributed by atoms with E-state index in [9.17, 15) is 9.59 Å². The summed E-state index contributed by atoms with van der Waals surface area (Å²) < 4.78 is 0. The van der Waals surface area contributed by atoms with Crippen molar-refractivity contribution in [1.29, 1.82) is 0 Å². The molecule has 2 aliphatic rings. The van der Waals surface area contributed by atoms with Crippen LogP contribution in [0.5, 0.6) is 0 Å². The van der Waals surface area contributed by atoms with Crippen LogP contribution in [0.3, 0.4) is 0 Å². The second-order valence-corrected chi connectivity index (χ2v) is 10.4. The van der Waals surface area contributed by atoms with Crippen LogP contribution in [0.2, 0.25) is 0 Å². The van der Waals surface area contributed by atoms with Gasteiger partial charge in [-0.15, -0.1) is 0 Å². The Morgan fingerprint density at radius 1 is 1.11 bits per heavy atom. The van der Waals surface area contributed by atoms with Gasteiger partial charge in [-0.05, 0) is 75.5 Å². The first kappa shape index (κ1) is 24.3. The summed E-state index contributed by atoms with van der Waals surface area (Å²) in [6, 6.07) is 5.47. The van der Waals surface area contributed by atoms with Gasteiger partial charge in [-0.1, -0.05) is 6.07 Å².